The zero-order valence-corrected chi connectivity index (χ0v) is 12.2. The maximum Gasteiger partial charge on any atom is 0.233 e. The Morgan fingerprint density at radius 2 is 1.95 bits per heavy atom. The second-order valence-electron chi connectivity index (χ2n) is 4.76. The average Bonchev–Trinajstić information content (AvgIpc) is 2.47. The molecule has 1 N–H and O–H groups in total. The third kappa shape index (κ3) is 4.46. The molecular formula is C14H16ClN3O3. The molecule has 1 fully saturated rings. The van der Waals surface area contributed by atoms with E-state index in [1.807, 2.05) is 0 Å². The molecule has 3 amide bonds. The lowest BCUT2D eigenvalue weighted by atomic mass is 10.2. The van der Waals surface area contributed by atoms with Gasteiger partial charge in [0.2, 0.25) is 18.2 Å². The van der Waals surface area contributed by atoms with Crippen LogP contribution in [0.5, 0.6) is 0 Å². The summed E-state index contributed by atoms with van der Waals surface area (Å²) in [5.41, 5.74) is 0.561. The summed E-state index contributed by atoms with van der Waals surface area (Å²) in [6.45, 7) is 1.93. The Balaban J connectivity index is 1.82. The van der Waals surface area contributed by atoms with E-state index in [0.717, 1.165) is 6.41 Å². The van der Waals surface area contributed by atoms with Gasteiger partial charge in [0.25, 0.3) is 0 Å². The first-order valence-electron chi connectivity index (χ1n) is 6.61. The number of piperazine rings is 1. The lowest BCUT2D eigenvalue weighted by molar-refractivity contribution is -0.137. The van der Waals surface area contributed by atoms with Crippen LogP contribution in [0.25, 0.3) is 0 Å². The fraction of sp³-hybridized carbons (Fsp3) is 0.357. The van der Waals surface area contributed by atoms with Crippen LogP contribution < -0.4 is 5.32 Å². The second-order valence-corrected chi connectivity index (χ2v) is 5.19. The molecule has 0 radical (unpaired) electrons. The summed E-state index contributed by atoms with van der Waals surface area (Å²) >= 11 is 5.82. The molecule has 7 heteroatoms. The number of hydrogen-bond acceptors (Lipinski definition) is 3. The Labute approximate surface area is 127 Å². The molecule has 0 unspecified atom stereocenters. The van der Waals surface area contributed by atoms with Crippen molar-refractivity contribution in [1.29, 1.82) is 0 Å². The molecule has 1 saturated heterocycles. The van der Waals surface area contributed by atoms with Gasteiger partial charge in [0.15, 0.2) is 0 Å². The molecular weight excluding hydrogens is 294 g/mol. The highest BCUT2D eigenvalue weighted by molar-refractivity contribution is 6.30. The molecule has 2 rings (SSSR count). The molecule has 1 aliphatic rings. The van der Waals surface area contributed by atoms with E-state index >= 15 is 0 Å². The van der Waals surface area contributed by atoms with Gasteiger partial charge < -0.3 is 15.1 Å². The molecule has 0 bridgehead atoms. The number of rotatable bonds is 4. The number of anilines is 1. The summed E-state index contributed by atoms with van der Waals surface area (Å²) in [5.74, 6) is -0.611. The van der Waals surface area contributed by atoms with E-state index in [1.165, 1.54) is 0 Å². The Morgan fingerprint density at radius 3 is 2.57 bits per heavy atom. The van der Waals surface area contributed by atoms with Gasteiger partial charge in [0.1, 0.15) is 6.42 Å². The van der Waals surface area contributed by atoms with Crippen molar-refractivity contribution in [1.82, 2.24) is 9.80 Å². The normalized spacial score (nSPS) is 14.7. The minimum atomic E-state index is -0.375. The molecule has 0 spiro atoms. The van der Waals surface area contributed by atoms with Gasteiger partial charge in [-0.2, -0.15) is 0 Å². The molecule has 1 aromatic rings. The number of hydrogen-bond donors (Lipinski definition) is 1. The molecule has 1 aromatic carbocycles. The number of carbonyl (C=O) groups excluding carboxylic acids is 3. The molecule has 0 aliphatic carbocycles. The smallest absolute Gasteiger partial charge is 0.233 e. The molecule has 1 aliphatic heterocycles. The highest BCUT2D eigenvalue weighted by Gasteiger charge is 2.22. The summed E-state index contributed by atoms with van der Waals surface area (Å²) in [7, 11) is 0. The van der Waals surface area contributed by atoms with Crippen molar-refractivity contribution in [3.8, 4) is 0 Å². The van der Waals surface area contributed by atoms with Crippen molar-refractivity contribution in [2.24, 2.45) is 0 Å². The van der Waals surface area contributed by atoms with Crippen molar-refractivity contribution in [3.63, 3.8) is 0 Å². The van der Waals surface area contributed by atoms with E-state index in [9.17, 15) is 14.4 Å². The lowest BCUT2D eigenvalue weighted by Crippen LogP contribution is -2.48. The van der Waals surface area contributed by atoms with E-state index in [2.05, 4.69) is 5.32 Å². The molecule has 1 heterocycles. The maximum atomic E-state index is 12.0. The van der Waals surface area contributed by atoms with E-state index in [4.69, 9.17) is 11.6 Å². The van der Waals surface area contributed by atoms with Gasteiger partial charge >= 0.3 is 0 Å². The van der Waals surface area contributed by atoms with Crippen LogP contribution in [0.3, 0.4) is 0 Å². The summed E-state index contributed by atoms with van der Waals surface area (Å²) in [5, 5.41) is 3.15. The van der Waals surface area contributed by atoms with Crippen LogP contribution in [0.1, 0.15) is 6.42 Å². The van der Waals surface area contributed by atoms with Crippen molar-refractivity contribution in [3.05, 3.63) is 29.3 Å². The number of carbonyl (C=O) groups is 3. The zero-order chi connectivity index (χ0) is 15.2. The van der Waals surface area contributed by atoms with E-state index < -0.39 is 0 Å². The number of nitrogens with zero attached hydrogens (tertiary/aromatic N) is 2. The SMILES string of the molecule is O=CN1CCN(C(=O)CC(=O)Nc2cccc(Cl)c2)CC1. The largest absolute Gasteiger partial charge is 0.342 e. The number of halogens is 1. The van der Waals surface area contributed by atoms with Gasteiger partial charge in [0, 0.05) is 36.9 Å². The summed E-state index contributed by atoms with van der Waals surface area (Å²) in [6, 6.07) is 6.75. The first-order valence-corrected chi connectivity index (χ1v) is 6.99. The van der Waals surface area contributed by atoms with E-state index in [-0.39, 0.29) is 18.2 Å². The fourth-order valence-electron chi connectivity index (χ4n) is 2.10. The minimum Gasteiger partial charge on any atom is -0.342 e. The monoisotopic (exact) mass is 309 g/mol. The van der Waals surface area contributed by atoms with Crippen LogP contribution in [0.4, 0.5) is 5.69 Å². The first-order chi connectivity index (χ1) is 10.1. The zero-order valence-electron chi connectivity index (χ0n) is 11.4. The van der Waals surface area contributed by atoms with Gasteiger partial charge in [-0.1, -0.05) is 17.7 Å². The average molecular weight is 310 g/mol. The first kappa shape index (κ1) is 15.3. The summed E-state index contributed by atoms with van der Waals surface area (Å²) in [6.07, 6.45) is 0.557. The Morgan fingerprint density at radius 1 is 1.24 bits per heavy atom. The Hall–Kier alpha value is -2.08. The van der Waals surface area contributed by atoms with Crippen molar-refractivity contribution >= 4 is 35.5 Å². The fourth-order valence-corrected chi connectivity index (χ4v) is 2.29. The molecule has 112 valence electrons. The minimum absolute atomic E-state index is 0.215. The molecule has 0 aromatic heterocycles. The second kappa shape index (κ2) is 7.08. The predicted molar refractivity (Wildman–Crippen MR) is 78.9 cm³/mol. The molecule has 0 atom stereocenters. The quantitative estimate of drug-likeness (QED) is 0.665. The molecule has 6 nitrogen and oxygen atoms in total. The van der Waals surface area contributed by atoms with Crippen molar-refractivity contribution in [2.75, 3.05) is 31.5 Å². The van der Waals surface area contributed by atoms with E-state index in [1.54, 1.807) is 34.1 Å². The summed E-state index contributed by atoms with van der Waals surface area (Å²) in [4.78, 5) is 37.6. The van der Waals surface area contributed by atoms with Gasteiger partial charge in [0.05, 0.1) is 0 Å². The van der Waals surface area contributed by atoms with Crippen LogP contribution in [0.15, 0.2) is 24.3 Å². The predicted octanol–water partition coefficient (Wildman–Crippen LogP) is 0.969. The highest BCUT2D eigenvalue weighted by Crippen LogP contribution is 2.15. The molecule has 0 saturated carbocycles. The summed E-state index contributed by atoms with van der Waals surface area (Å²) < 4.78 is 0. The van der Waals surface area contributed by atoms with Crippen molar-refractivity contribution in [2.45, 2.75) is 6.42 Å². The molecule has 21 heavy (non-hydrogen) atoms. The Kier molecular flexibility index (Phi) is 5.16. The van der Waals surface area contributed by atoms with Gasteiger partial charge in [-0.25, -0.2) is 0 Å². The van der Waals surface area contributed by atoms with Gasteiger partial charge in [-0.3, -0.25) is 14.4 Å². The standard InChI is InChI=1S/C14H16ClN3O3/c15-11-2-1-3-12(8-11)16-13(20)9-14(21)18-6-4-17(10-19)5-7-18/h1-3,8,10H,4-7,9H2,(H,16,20). The highest BCUT2D eigenvalue weighted by atomic mass is 35.5. The van der Waals surface area contributed by atoms with Crippen LogP contribution in [-0.2, 0) is 14.4 Å². The van der Waals surface area contributed by atoms with Crippen molar-refractivity contribution < 1.29 is 14.4 Å². The third-order valence-corrected chi connectivity index (χ3v) is 3.47. The number of amides is 3. The lowest BCUT2D eigenvalue weighted by Gasteiger charge is -2.32. The number of benzene rings is 1. The van der Waals surface area contributed by atoms with Gasteiger partial charge in [-0.05, 0) is 18.2 Å². The number of nitrogens with one attached hydrogen (secondary N) is 1. The van der Waals surface area contributed by atoms with Crippen LogP contribution >= 0.6 is 11.6 Å². The maximum absolute atomic E-state index is 12.0. The van der Waals surface area contributed by atoms with Crippen LogP contribution in [0, 0.1) is 0 Å². The Bertz CT molecular complexity index is 542. The van der Waals surface area contributed by atoms with Crippen LogP contribution in [0.2, 0.25) is 5.02 Å². The van der Waals surface area contributed by atoms with Crippen LogP contribution in [-0.4, -0.2) is 54.2 Å². The third-order valence-electron chi connectivity index (χ3n) is 3.24. The topological polar surface area (TPSA) is 69.7 Å². The van der Waals surface area contributed by atoms with E-state index in [0.29, 0.717) is 36.9 Å². The van der Waals surface area contributed by atoms with Gasteiger partial charge in [-0.15, -0.1) is 0 Å².